The second-order valence-corrected chi connectivity index (χ2v) is 12.2. The zero-order valence-corrected chi connectivity index (χ0v) is 24.3. The summed E-state index contributed by atoms with van der Waals surface area (Å²) in [5, 5.41) is 35.6. The zero-order valence-electron chi connectivity index (χ0n) is 22.7. The first kappa shape index (κ1) is 30.2. The molecule has 0 saturated heterocycles. The Bertz CT molecular complexity index is 2180. The summed E-state index contributed by atoms with van der Waals surface area (Å²) in [5.74, 6) is 0.0856. The molecule has 0 unspecified atom stereocenters. The van der Waals surface area contributed by atoms with Crippen molar-refractivity contribution in [3.05, 3.63) is 103 Å². The topological polar surface area (TPSA) is 203 Å². The van der Waals surface area contributed by atoms with E-state index in [0.29, 0.717) is 50.5 Å². The summed E-state index contributed by atoms with van der Waals surface area (Å²) in [7, 11) is -8.81. The van der Waals surface area contributed by atoms with Gasteiger partial charge in [0.2, 0.25) is 0 Å². The third-order valence-corrected chi connectivity index (χ3v) is 7.94. The molecule has 5 aromatic carbocycles. The normalized spacial score (nSPS) is 12.6. The van der Waals surface area contributed by atoms with Crippen LogP contribution in [0.5, 0.6) is 5.75 Å². The molecule has 0 atom stereocenters. The molecule has 15 heteroatoms. The fraction of sp³-hybridized carbons (Fsp3) is 0.0345. The molecule has 5 rings (SSSR count). The molecule has 0 spiro atoms. The minimum atomic E-state index is -4.50. The van der Waals surface area contributed by atoms with Gasteiger partial charge in [0.15, 0.2) is 0 Å². The van der Waals surface area contributed by atoms with Crippen LogP contribution >= 0.6 is 0 Å². The van der Waals surface area contributed by atoms with E-state index in [1.54, 1.807) is 49.4 Å². The summed E-state index contributed by atoms with van der Waals surface area (Å²) in [5.41, 5.74) is 3.29. The van der Waals surface area contributed by atoms with Gasteiger partial charge < -0.3 is 5.11 Å². The number of fused-ring (bicyclic) bond motifs is 1. The minimum absolute atomic E-state index is 0.0856. The molecule has 3 N–H and O–H groups in total. The van der Waals surface area contributed by atoms with Crippen LogP contribution in [-0.4, -0.2) is 31.0 Å². The Morgan fingerprint density at radius 2 is 0.932 bits per heavy atom. The smallest absolute Gasteiger partial charge is 0.294 e. The Morgan fingerprint density at radius 1 is 0.477 bits per heavy atom. The van der Waals surface area contributed by atoms with Crippen molar-refractivity contribution in [3.63, 3.8) is 0 Å². The molecule has 0 aliphatic carbocycles. The number of nitrogens with zero attached hydrogens (tertiary/aromatic N) is 6. The second-order valence-electron chi connectivity index (χ2n) is 9.34. The fourth-order valence-electron chi connectivity index (χ4n) is 3.98. The summed E-state index contributed by atoms with van der Waals surface area (Å²) in [6, 6.07) is 23.6. The third-order valence-electron chi connectivity index (χ3n) is 6.22. The lowest BCUT2D eigenvalue weighted by atomic mass is 10.1. The van der Waals surface area contributed by atoms with E-state index >= 15 is 0 Å². The maximum atomic E-state index is 11.8. The molecule has 0 bridgehead atoms. The molecule has 0 radical (unpaired) electrons. The average Bonchev–Trinajstić information content (AvgIpc) is 2.98. The van der Waals surface area contributed by atoms with Gasteiger partial charge in [-0.15, -0.1) is 10.2 Å². The maximum absolute atomic E-state index is 11.8. The number of phenols is 1. The second kappa shape index (κ2) is 12.2. The highest BCUT2D eigenvalue weighted by Crippen LogP contribution is 2.37. The van der Waals surface area contributed by atoms with Crippen LogP contribution in [0.25, 0.3) is 10.8 Å². The predicted molar refractivity (Wildman–Crippen MR) is 162 cm³/mol. The molecule has 0 amide bonds. The highest BCUT2D eigenvalue weighted by Gasteiger charge is 2.14. The van der Waals surface area contributed by atoms with Crippen LogP contribution in [0.15, 0.2) is 138 Å². The number of phenolic OH excluding ortho intramolecular Hbond substituents is 1. The quantitative estimate of drug-likeness (QED) is 0.112. The van der Waals surface area contributed by atoms with Gasteiger partial charge in [0.05, 0.1) is 43.9 Å². The number of rotatable bonds is 8. The Labute approximate surface area is 251 Å². The molecule has 0 heterocycles. The highest BCUT2D eigenvalue weighted by molar-refractivity contribution is 7.86. The number of azo groups is 3. The molecule has 0 aliphatic heterocycles. The number of hydrogen-bond acceptors (Lipinski definition) is 11. The van der Waals surface area contributed by atoms with Crippen molar-refractivity contribution in [2.45, 2.75) is 16.7 Å². The van der Waals surface area contributed by atoms with Crippen molar-refractivity contribution in [1.82, 2.24) is 0 Å². The van der Waals surface area contributed by atoms with Crippen molar-refractivity contribution >= 4 is 65.1 Å². The van der Waals surface area contributed by atoms with Gasteiger partial charge in [-0.3, -0.25) is 9.11 Å². The molecule has 0 fully saturated rings. The fourth-order valence-corrected chi connectivity index (χ4v) is 4.97. The van der Waals surface area contributed by atoms with Gasteiger partial charge in [0.1, 0.15) is 5.75 Å². The molecular weight excluding hydrogens is 608 g/mol. The van der Waals surface area contributed by atoms with Crippen LogP contribution < -0.4 is 0 Å². The first-order valence-corrected chi connectivity index (χ1v) is 15.5. The van der Waals surface area contributed by atoms with Gasteiger partial charge in [0, 0.05) is 10.8 Å². The van der Waals surface area contributed by atoms with Gasteiger partial charge in [0.25, 0.3) is 20.2 Å². The standard InChI is InChI=1S/C29H22N6O7S2/c1-18-16-21(6-13-27(18)33-30-20-4-9-23(10-5-20)43(37,38)39)32-35-29-15-14-28(34-31-19-2-7-22(36)8-3-19)25-12-11-24(17-26(25)29)44(40,41)42/h2-17,36H,1H3,(H,37,38,39)(H,40,41,42). The SMILES string of the molecule is Cc1cc(N=Nc2ccc(N=Nc3ccc(O)cc3)c3ccc(S(=O)(=O)O)cc23)ccc1N=Nc1ccc(S(=O)(=O)O)cc1. The van der Waals surface area contributed by atoms with E-state index in [1.165, 1.54) is 54.6 Å². The number of aryl methyl sites for hydroxylation is 1. The summed E-state index contributed by atoms with van der Waals surface area (Å²) in [6.07, 6.45) is 0. The first-order valence-electron chi connectivity index (χ1n) is 12.6. The zero-order chi connectivity index (χ0) is 31.5. The molecule has 13 nitrogen and oxygen atoms in total. The Kier molecular flexibility index (Phi) is 8.37. The van der Waals surface area contributed by atoms with Gasteiger partial charge in [-0.1, -0.05) is 6.07 Å². The lowest BCUT2D eigenvalue weighted by Crippen LogP contribution is -1.97. The predicted octanol–water partition coefficient (Wildman–Crippen LogP) is 8.59. The number of aromatic hydroxyl groups is 1. The molecule has 0 aliphatic rings. The van der Waals surface area contributed by atoms with Crippen molar-refractivity contribution in [1.29, 1.82) is 0 Å². The van der Waals surface area contributed by atoms with E-state index in [2.05, 4.69) is 30.7 Å². The molecule has 0 aromatic heterocycles. The van der Waals surface area contributed by atoms with E-state index in [0.717, 1.165) is 0 Å². The van der Waals surface area contributed by atoms with Crippen molar-refractivity contribution in [2.75, 3.05) is 0 Å². The lowest BCUT2D eigenvalue weighted by molar-refractivity contribution is 0.475. The summed E-state index contributed by atoms with van der Waals surface area (Å²) >= 11 is 0. The summed E-state index contributed by atoms with van der Waals surface area (Å²) < 4.78 is 64.8. The number of hydrogen-bond donors (Lipinski definition) is 3. The van der Waals surface area contributed by atoms with Gasteiger partial charge in [-0.05, 0) is 103 Å². The van der Waals surface area contributed by atoms with Crippen LogP contribution in [0.2, 0.25) is 0 Å². The van der Waals surface area contributed by atoms with Gasteiger partial charge in [-0.2, -0.15) is 37.3 Å². The van der Waals surface area contributed by atoms with E-state index in [4.69, 9.17) is 4.55 Å². The van der Waals surface area contributed by atoms with Crippen LogP contribution in [0.1, 0.15) is 5.56 Å². The van der Waals surface area contributed by atoms with Gasteiger partial charge >= 0.3 is 0 Å². The molecule has 5 aromatic rings. The molecular formula is C29H22N6O7S2. The summed E-state index contributed by atoms with van der Waals surface area (Å²) in [6.45, 7) is 1.79. The molecule has 0 saturated carbocycles. The van der Waals surface area contributed by atoms with E-state index in [9.17, 15) is 26.5 Å². The molecule has 222 valence electrons. The monoisotopic (exact) mass is 630 g/mol. The average molecular weight is 631 g/mol. The van der Waals surface area contributed by atoms with Crippen LogP contribution in [0.3, 0.4) is 0 Å². The van der Waals surface area contributed by atoms with E-state index in [1.807, 2.05) is 0 Å². The van der Waals surface area contributed by atoms with Crippen LogP contribution in [0.4, 0.5) is 34.1 Å². The largest absolute Gasteiger partial charge is 0.508 e. The van der Waals surface area contributed by atoms with Crippen molar-refractivity contribution in [3.8, 4) is 5.75 Å². The Morgan fingerprint density at radius 3 is 1.50 bits per heavy atom. The maximum Gasteiger partial charge on any atom is 0.294 e. The lowest BCUT2D eigenvalue weighted by Gasteiger charge is -2.07. The molecule has 44 heavy (non-hydrogen) atoms. The van der Waals surface area contributed by atoms with Crippen LogP contribution in [0, 0.1) is 6.92 Å². The van der Waals surface area contributed by atoms with E-state index < -0.39 is 20.2 Å². The third kappa shape index (κ3) is 7.22. The van der Waals surface area contributed by atoms with E-state index in [-0.39, 0.29) is 15.5 Å². The summed E-state index contributed by atoms with van der Waals surface area (Å²) in [4.78, 5) is -0.579. The number of benzene rings is 5. The Balaban J connectivity index is 1.43. The Hall–Kier alpha value is -5.22. The van der Waals surface area contributed by atoms with Crippen LogP contribution in [-0.2, 0) is 20.2 Å². The highest BCUT2D eigenvalue weighted by atomic mass is 32.2. The first-order chi connectivity index (χ1) is 20.9. The van der Waals surface area contributed by atoms with Crippen molar-refractivity contribution in [2.24, 2.45) is 30.7 Å². The minimum Gasteiger partial charge on any atom is -0.508 e. The van der Waals surface area contributed by atoms with Gasteiger partial charge in [-0.25, -0.2) is 0 Å². The van der Waals surface area contributed by atoms with Crippen molar-refractivity contribution < 1.29 is 31.0 Å².